The Morgan fingerprint density at radius 1 is 1.07 bits per heavy atom. The van der Waals surface area contributed by atoms with E-state index in [1.54, 1.807) is 12.1 Å². The molecular formula is C18H15F4N3O3. The van der Waals surface area contributed by atoms with Crippen LogP contribution in [-0.2, 0) is 19.1 Å². The summed E-state index contributed by atoms with van der Waals surface area (Å²) >= 11 is 0. The number of carboxylic acid groups (broad SMARTS) is 1. The quantitative estimate of drug-likeness (QED) is 0.652. The van der Waals surface area contributed by atoms with Crippen LogP contribution in [0.2, 0.25) is 0 Å². The summed E-state index contributed by atoms with van der Waals surface area (Å²) in [6.45, 7) is 0.542. The van der Waals surface area contributed by atoms with E-state index in [0.29, 0.717) is 24.7 Å². The lowest BCUT2D eigenvalue weighted by Gasteiger charge is -2.26. The zero-order valence-electron chi connectivity index (χ0n) is 14.3. The second-order valence-corrected chi connectivity index (χ2v) is 6.18. The molecular weight excluding hydrogens is 382 g/mol. The molecule has 148 valence electrons. The topological polar surface area (TPSA) is 81.7 Å². The Morgan fingerprint density at radius 3 is 2.50 bits per heavy atom. The average molecular weight is 397 g/mol. The maximum Gasteiger partial charge on any atom is 0.419 e. The van der Waals surface area contributed by atoms with Gasteiger partial charge in [0, 0.05) is 18.8 Å². The number of nitrogens with one attached hydrogen (secondary N) is 2. The first-order valence-electron chi connectivity index (χ1n) is 8.18. The number of hydrogen-bond acceptors (Lipinski definition) is 2. The Morgan fingerprint density at radius 2 is 1.82 bits per heavy atom. The molecule has 10 heteroatoms. The molecule has 2 aromatic carbocycles. The van der Waals surface area contributed by atoms with Crippen LogP contribution >= 0.6 is 0 Å². The van der Waals surface area contributed by atoms with Crippen molar-refractivity contribution >= 4 is 23.5 Å². The van der Waals surface area contributed by atoms with Gasteiger partial charge in [-0.25, -0.2) is 14.0 Å². The second-order valence-electron chi connectivity index (χ2n) is 6.18. The van der Waals surface area contributed by atoms with Gasteiger partial charge in [0.15, 0.2) is 5.82 Å². The summed E-state index contributed by atoms with van der Waals surface area (Å²) in [5, 5.41) is 13.5. The number of hydrogen-bond donors (Lipinski definition) is 3. The highest BCUT2D eigenvalue weighted by molar-refractivity contribution is 6.00. The molecule has 0 atom stereocenters. The van der Waals surface area contributed by atoms with Gasteiger partial charge in [0.25, 0.3) is 0 Å². The van der Waals surface area contributed by atoms with Crippen LogP contribution in [-0.4, -0.2) is 28.7 Å². The normalized spacial score (nSPS) is 13.6. The van der Waals surface area contributed by atoms with E-state index in [2.05, 4.69) is 10.6 Å². The number of alkyl halides is 3. The summed E-state index contributed by atoms with van der Waals surface area (Å²) in [6.07, 6.45) is -5.43. The van der Waals surface area contributed by atoms with Gasteiger partial charge in [0.05, 0.1) is 11.3 Å². The third-order valence-corrected chi connectivity index (χ3v) is 4.30. The molecule has 3 amide bonds. The lowest BCUT2D eigenvalue weighted by Crippen LogP contribution is -2.34. The molecule has 0 fully saturated rings. The highest BCUT2D eigenvalue weighted by atomic mass is 19.4. The Balaban J connectivity index is 1.71. The predicted molar refractivity (Wildman–Crippen MR) is 92.6 cm³/mol. The van der Waals surface area contributed by atoms with Crippen molar-refractivity contribution in [3.63, 3.8) is 0 Å². The maximum absolute atomic E-state index is 14.0. The molecule has 0 radical (unpaired) electrons. The standard InChI is InChI=1S/C18H15F4N3O3/c19-15-13(18(20,21)22)2-1-3-14(15)24-16(26)23-12-5-4-11-9-25(17(27)28)7-6-10(11)8-12/h1-5,8H,6-7,9H2,(H,27,28)(H2,23,24,26). The number of benzene rings is 2. The van der Waals surface area contributed by atoms with Crippen LogP contribution in [0, 0.1) is 5.82 Å². The summed E-state index contributed by atoms with van der Waals surface area (Å²) in [5.74, 6) is -1.57. The number of amides is 3. The minimum Gasteiger partial charge on any atom is -0.465 e. The predicted octanol–water partition coefficient (Wildman–Crippen LogP) is 4.52. The minimum atomic E-state index is -4.87. The zero-order valence-corrected chi connectivity index (χ0v) is 14.3. The molecule has 3 N–H and O–H groups in total. The lowest BCUT2D eigenvalue weighted by atomic mass is 9.99. The van der Waals surface area contributed by atoms with E-state index >= 15 is 0 Å². The fraction of sp³-hybridized carbons (Fsp3) is 0.222. The van der Waals surface area contributed by atoms with E-state index in [1.807, 2.05) is 0 Å². The number of fused-ring (bicyclic) bond motifs is 1. The first-order chi connectivity index (χ1) is 13.1. The fourth-order valence-corrected chi connectivity index (χ4v) is 2.93. The first-order valence-corrected chi connectivity index (χ1v) is 8.18. The van der Waals surface area contributed by atoms with Crippen molar-refractivity contribution in [3.8, 4) is 0 Å². The average Bonchev–Trinajstić information content (AvgIpc) is 2.62. The van der Waals surface area contributed by atoms with E-state index in [4.69, 9.17) is 5.11 Å². The second kappa shape index (κ2) is 7.37. The van der Waals surface area contributed by atoms with Crippen molar-refractivity contribution in [1.29, 1.82) is 0 Å². The van der Waals surface area contributed by atoms with Crippen LogP contribution in [0.1, 0.15) is 16.7 Å². The van der Waals surface area contributed by atoms with Gasteiger partial charge in [-0.2, -0.15) is 13.2 Å². The van der Waals surface area contributed by atoms with Gasteiger partial charge in [0.2, 0.25) is 0 Å². The summed E-state index contributed by atoms with van der Waals surface area (Å²) in [7, 11) is 0. The lowest BCUT2D eigenvalue weighted by molar-refractivity contribution is -0.139. The molecule has 0 spiro atoms. The van der Waals surface area contributed by atoms with E-state index in [0.717, 1.165) is 23.3 Å². The SMILES string of the molecule is O=C(Nc1ccc2c(c1)CCN(C(=O)O)C2)Nc1cccc(C(F)(F)F)c1F. The largest absolute Gasteiger partial charge is 0.465 e. The van der Waals surface area contributed by atoms with E-state index in [9.17, 15) is 27.2 Å². The van der Waals surface area contributed by atoms with E-state index in [1.165, 1.54) is 11.0 Å². The molecule has 2 aromatic rings. The molecule has 0 unspecified atom stereocenters. The van der Waals surface area contributed by atoms with Crippen molar-refractivity contribution in [1.82, 2.24) is 4.90 Å². The van der Waals surface area contributed by atoms with E-state index in [-0.39, 0.29) is 6.54 Å². The first kappa shape index (κ1) is 19.5. The fourth-order valence-electron chi connectivity index (χ4n) is 2.93. The zero-order chi connectivity index (χ0) is 20.5. The molecule has 0 aromatic heterocycles. The van der Waals surface area contributed by atoms with Gasteiger partial charge in [-0.05, 0) is 41.8 Å². The molecule has 6 nitrogen and oxygen atoms in total. The van der Waals surface area contributed by atoms with Gasteiger partial charge in [0.1, 0.15) is 0 Å². The number of nitrogens with zero attached hydrogens (tertiary/aromatic N) is 1. The molecule has 1 aliphatic rings. The number of carbonyl (C=O) groups is 2. The molecule has 0 aliphatic carbocycles. The smallest absolute Gasteiger partial charge is 0.419 e. The molecule has 3 rings (SSSR count). The van der Waals surface area contributed by atoms with Crippen LogP contribution in [0.3, 0.4) is 0 Å². The Labute approximate surface area is 156 Å². The highest BCUT2D eigenvalue weighted by Crippen LogP contribution is 2.34. The minimum absolute atomic E-state index is 0.229. The monoisotopic (exact) mass is 397 g/mol. The van der Waals surface area contributed by atoms with Gasteiger partial charge >= 0.3 is 18.3 Å². The third kappa shape index (κ3) is 4.16. The van der Waals surface area contributed by atoms with Crippen LogP contribution < -0.4 is 10.6 Å². The maximum atomic E-state index is 14.0. The number of halogens is 4. The molecule has 0 bridgehead atoms. The van der Waals surface area contributed by atoms with Gasteiger partial charge in [-0.15, -0.1) is 0 Å². The van der Waals surface area contributed by atoms with Gasteiger partial charge in [-0.1, -0.05) is 12.1 Å². The van der Waals surface area contributed by atoms with Crippen molar-refractivity contribution in [2.45, 2.75) is 19.1 Å². The molecule has 1 aliphatic heterocycles. The van der Waals surface area contributed by atoms with Crippen LogP contribution in [0.4, 0.5) is 38.5 Å². The van der Waals surface area contributed by atoms with Crippen LogP contribution in [0.15, 0.2) is 36.4 Å². The molecule has 0 saturated heterocycles. The Bertz CT molecular complexity index is 931. The van der Waals surface area contributed by atoms with Crippen LogP contribution in [0.25, 0.3) is 0 Å². The van der Waals surface area contributed by atoms with Crippen molar-refractivity contribution in [2.24, 2.45) is 0 Å². The number of rotatable bonds is 2. The van der Waals surface area contributed by atoms with Crippen molar-refractivity contribution in [3.05, 3.63) is 58.9 Å². The number of anilines is 2. The van der Waals surface area contributed by atoms with Crippen LogP contribution in [0.5, 0.6) is 0 Å². The summed E-state index contributed by atoms with van der Waals surface area (Å²) < 4.78 is 52.2. The number of urea groups is 1. The number of carbonyl (C=O) groups excluding carboxylic acids is 1. The molecule has 0 saturated carbocycles. The van der Waals surface area contributed by atoms with E-state index < -0.39 is 35.4 Å². The summed E-state index contributed by atoms with van der Waals surface area (Å²) in [6, 6.07) is 6.54. The molecule has 28 heavy (non-hydrogen) atoms. The Hall–Kier alpha value is -3.30. The van der Waals surface area contributed by atoms with Crippen molar-refractivity contribution in [2.75, 3.05) is 17.2 Å². The molecule has 1 heterocycles. The Kier molecular flexibility index (Phi) is 5.12. The highest BCUT2D eigenvalue weighted by Gasteiger charge is 2.35. The van der Waals surface area contributed by atoms with Crippen molar-refractivity contribution < 1.29 is 32.3 Å². The van der Waals surface area contributed by atoms with Gasteiger partial charge in [-0.3, -0.25) is 0 Å². The van der Waals surface area contributed by atoms with Gasteiger partial charge < -0.3 is 20.6 Å². The summed E-state index contributed by atoms with van der Waals surface area (Å²) in [4.78, 5) is 24.3. The summed E-state index contributed by atoms with van der Waals surface area (Å²) in [5.41, 5.74) is -0.0686. The third-order valence-electron chi connectivity index (χ3n) is 4.30.